The normalized spacial score (nSPS) is 22.3. The average molecular weight is 301 g/mol. The Morgan fingerprint density at radius 1 is 1.27 bits per heavy atom. The van der Waals surface area contributed by atoms with Crippen molar-refractivity contribution in [3.05, 3.63) is 29.3 Å². The first-order chi connectivity index (χ1) is 10.8. The third-order valence-electron chi connectivity index (χ3n) is 4.94. The van der Waals surface area contributed by atoms with Crippen LogP contribution in [-0.4, -0.2) is 37.6 Å². The highest BCUT2D eigenvalue weighted by molar-refractivity contribution is 5.78. The lowest BCUT2D eigenvalue weighted by atomic mass is 9.83. The van der Waals surface area contributed by atoms with Gasteiger partial charge in [-0.3, -0.25) is 4.99 Å². The second kappa shape index (κ2) is 7.03. The summed E-state index contributed by atoms with van der Waals surface area (Å²) in [5.41, 5.74) is 9.04. The van der Waals surface area contributed by atoms with Crippen LogP contribution in [0.15, 0.2) is 23.2 Å². The molecule has 0 saturated carbocycles. The summed E-state index contributed by atoms with van der Waals surface area (Å²) in [6.45, 7) is 2.93. The largest absolute Gasteiger partial charge is 0.497 e. The molecule has 1 saturated heterocycles. The number of methoxy groups -OCH3 is 1. The highest BCUT2D eigenvalue weighted by atomic mass is 16.5. The Morgan fingerprint density at radius 3 is 2.86 bits per heavy atom. The van der Waals surface area contributed by atoms with E-state index in [0.29, 0.717) is 5.92 Å². The molecular formula is C18H27N3O. The lowest BCUT2D eigenvalue weighted by Gasteiger charge is -2.29. The van der Waals surface area contributed by atoms with Crippen molar-refractivity contribution < 1.29 is 4.74 Å². The molecule has 0 radical (unpaired) electrons. The lowest BCUT2D eigenvalue weighted by molar-refractivity contribution is 0.337. The summed E-state index contributed by atoms with van der Waals surface area (Å²) >= 11 is 0. The van der Waals surface area contributed by atoms with Gasteiger partial charge in [-0.1, -0.05) is 6.07 Å². The molecule has 1 aromatic carbocycles. The van der Waals surface area contributed by atoms with Gasteiger partial charge >= 0.3 is 0 Å². The van der Waals surface area contributed by atoms with Gasteiger partial charge in [-0.15, -0.1) is 0 Å². The first-order valence-electron chi connectivity index (χ1n) is 8.49. The summed E-state index contributed by atoms with van der Waals surface area (Å²) < 4.78 is 5.34. The van der Waals surface area contributed by atoms with Crippen molar-refractivity contribution in [1.29, 1.82) is 0 Å². The molecule has 0 amide bonds. The van der Waals surface area contributed by atoms with Gasteiger partial charge in [0.1, 0.15) is 5.75 Å². The molecule has 22 heavy (non-hydrogen) atoms. The Kier molecular flexibility index (Phi) is 4.86. The molecule has 1 atom stereocenters. The van der Waals surface area contributed by atoms with Crippen molar-refractivity contribution in [2.24, 2.45) is 10.7 Å². The second-order valence-electron chi connectivity index (χ2n) is 6.40. The number of ether oxygens (including phenoxy) is 1. The third-order valence-corrected chi connectivity index (χ3v) is 4.94. The number of guanidine groups is 1. The Labute approximate surface area is 133 Å². The van der Waals surface area contributed by atoms with Crippen LogP contribution < -0.4 is 10.5 Å². The third kappa shape index (κ3) is 3.37. The summed E-state index contributed by atoms with van der Waals surface area (Å²) in [6.07, 6.45) is 7.38. The number of benzene rings is 1. The molecule has 120 valence electrons. The van der Waals surface area contributed by atoms with Crippen LogP contribution in [0.25, 0.3) is 0 Å². The van der Waals surface area contributed by atoms with E-state index < -0.39 is 0 Å². The zero-order valence-corrected chi connectivity index (χ0v) is 13.6. The monoisotopic (exact) mass is 301 g/mol. The molecule has 4 nitrogen and oxygen atoms in total. The van der Waals surface area contributed by atoms with E-state index >= 15 is 0 Å². The maximum atomic E-state index is 6.19. The molecule has 1 fully saturated rings. The first kappa shape index (κ1) is 15.2. The van der Waals surface area contributed by atoms with Crippen molar-refractivity contribution in [2.45, 2.75) is 44.4 Å². The second-order valence-corrected chi connectivity index (χ2v) is 6.40. The van der Waals surface area contributed by atoms with Crippen molar-refractivity contribution in [2.75, 3.05) is 26.7 Å². The number of nitrogens with zero attached hydrogens (tertiary/aromatic N) is 2. The summed E-state index contributed by atoms with van der Waals surface area (Å²) in [6, 6.07) is 6.46. The van der Waals surface area contributed by atoms with Crippen LogP contribution in [0.4, 0.5) is 0 Å². The zero-order valence-electron chi connectivity index (χ0n) is 13.6. The number of hydrogen-bond acceptors (Lipinski definition) is 2. The van der Waals surface area contributed by atoms with E-state index in [9.17, 15) is 0 Å². The van der Waals surface area contributed by atoms with E-state index in [4.69, 9.17) is 15.5 Å². The highest BCUT2D eigenvalue weighted by Crippen LogP contribution is 2.34. The summed E-state index contributed by atoms with van der Waals surface area (Å²) in [5, 5.41) is 0. The number of fused-ring (bicyclic) bond motifs is 1. The summed E-state index contributed by atoms with van der Waals surface area (Å²) in [7, 11) is 1.73. The summed E-state index contributed by atoms with van der Waals surface area (Å²) in [5.74, 6) is 2.19. The molecule has 0 bridgehead atoms. The molecule has 1 aliphatic carbocycles. The Hall–Kier alpha value is -1.71. The molecule has 3 rings (SSSR count). The molecule has 1 aliphatic heterocycles. The smallest absolute Gasteiger partial charge is 0.191 e. The van der Waals surface area contributed by atoms with Crippen LogP contribution in [-0.2, 0) is 6.42 Å². The SMILES string of the molecule is COc1ccc2c(c1)CCCC2CN=C(N)N1CCCCC1. The van der Waals surface area contributed by atoms with E-state index in [1.807, 2.05) is 0 Å². The summed E-state index contributed by atoms with van der Waals surface area (Å²) in [4.78, 5) is 6.94. The van der Waals surface area contributed by atoms with E-state index in [1.54, 1.807) is 7.11 Å². The van der Waals surface area contributed by atoms with Crippen molar-refractivity contribution >= 4 is 5.96 Å². The van der Waals surface area contributed by atoms with Crippen molar-refractivity contribution in [3.63, 3.8) is 0 Å². The standard InChI is InChI=1S/C18H27N3O/c1-22-16-8-9-17-14(12-16)6-5-7-15(17)13-20-18(19)21-10-3-2-4-11-21/h8-9,12,15H,2-7,10-11,13H2,1H3,(H2,19,20). The topological polar surface area (TPSA) is 50.9 Å². The van der Waals surface area contributed by atoms with Crippen LogP contribution in [0.5, 0.6) is 5.75 Å². The van der Waals surface area contributed by atoms with Gasteiger partial charge in [0, 0.05) is 25.6 Å². The van der Waals surface area contributed by atoms with Crippen molar-refractivity contribution in [3.8, 4) is 5.75 Å². The Bertz CT molecular complexity index is 535. The van der Waals surface area contributed by atoms with Gasteiger partial charge in [-0.05, 0) is 61.8 Å². The van der Waals surface area contributed by atoms with Crippen molar-refractivity contribution in [1.82, 2.24) is 4.90 Å². The predicted octanol–water partition coefficient (Wildman–Crippen LogP) is 2.92. The number of nitrogens with two attached hydrogens (primary N) is 1. The quantitative estimate of drug-likeness (QED) is 0.690. The zero-order chi connectivity index (χ0) is 15.4. The molecule has 4 heteroatoms. The number of aryl methyl sites for hydroxylation is 1. The lowest BCUT2D eigenvalue weighted by Crippen LogP contribution is -2.41. The molecule has 1 aromatic rings. The Morgan fingerprint density at radius 2 is 2.09 bits per heavy atom. The van der Waals surface area contributed by atoms with Crippen LogP contribution in [0.3, 0.4) is 0 Å². The van der Waals surface area contributed by atoms with E-state index in [1.165, 1.54) is 43.2 Å². The molecule has 0 spiro atoms. The fourth-order valence-electron chi connectivity index (χ4n) is 3.63. The van der Waals surface area contributed by atoms with Crippen LogP contribution in [0, 0.1) is 0 Å². The van der Waals surface area contributed by atoms with Crippen LogP contribution in [0.1, 0.15) is 49.1 Å². The number of piperidine rings is 1. The van der Waals surface area contributed by atoms with Crippen LogP contribution in [0.2, 0.25) is 0 Å². The van der Waals surface area contributed by atoms with Gasteiger partial charge in [0.2, 0.25) is 0 Å². The number of rotatable bonds is 3. The van der Waals surface area contributed by atoms with Gasteiger partial charge in [0.25, 0.3) is 0 Å². The maximum Gasteiger partial charge on any atom is 0.191 e. The minimum Gasteiger partial charge on any atom is -0.497 e. The fraction of sp³-hybridized carbons (Fsp3) is 0.611. The van der Waals surface area contributed by atoms with Gasteiger partial charge in [-0.25, -0.2) is 0 Å². The van der Waals surface area contributed by atoms with E-state index in [2.05, 4.69) is 23.1 Å². The number of hydrogen-bond donors (Lipinski definition) is 1. The minimum atomic E-state index is 0.498. The highest BCUT2D eigenvalue weighted by Gasteiger charge is 2.21. The van der Waals surface area contributed by atoms with Crippen LogP contribution >= 0.6 is 0 Å². The van der Waals surface area contributed by atoms with Gasteiger partial charge in [-0.2, -0.15) is 0 Å². The number of likely N-dealkylation sites (tertiary alicyclic amines) is 1. The minimum absolute atomic E-state index is 0.498. The molecule has 2 aliphatic rings. The molecule has 1 unspecified atom stereocenters. The van der Waals surface area contributed by atoms with E-state index in [-0.39, 0.29) is 0 Å². The van der Waals surface area contributed by atoms with Gasteiger partial charge in [0.05, 0.1) is 7.11 Å². The fourth-order valence-corrected chi connectivity index (χ4v) is 3.63. The molecule has 0 aromatic heterocycles. The Balaban J connectivity index is 1.69. The molecule has 2 N–H and O–H groups in total. The maximum absolute atomic E-state index is 6.19. The predicted molar refractivity (Wildman–Crippen MR) is 90.6 cm³/mol. The molecule has 1 heterocycles. The first-order valence-corrected chi connectivity index (χ1v) is 8.49. The van der Waals surface area contributed by atoms with Gasteiger partial charge in [0.15, 0.2) is 5.96 Å². The molecular weight excluding hydrogens is 274 g/mol. The van der Waals surface area contributed by atoms with Gasteiger partial charge < -0.3 is 15.4 Å². The average Bonchev–Trinajstić information content (AvgIpc) is 2.59. The van der Waals surface area contributed by atoms with E-state index in [0.717, 1.165) is 37.8 Å². The number of aliphatic imine (C=N–C) groups is 1.